The minimum Gasteiger partial charge on any atom is -0.200 e. The van der Waals surface area contributed by atoms with E-state index in [1.165, 1.54) is 49.5 Å². The number of aryl methyl sites for hydroxylation is 2. The van der Waals surface area contributed by atoms with Crippen molar-refractivity contribution in [3.05, 3.63) is 58.8 Å². The summed E-state index contributed by atoms with van der Waals surface area (Å²) in [6.45, 7) is 16.2. The van der Waals surface area contributed by atoms with Gasteiger partial charge in [0, 0.05) is 6.07 Å². The van der Waals surface area contributed by atoms with E-state index in [0.717, 1.165) is 0 Å². The van der Waals surface area contributed by atoms with Gasteiger partial charge in [0.2, 0.25) is 5.69 Å². The molecule has 130 valence electrons. The van der Waals surface area contributed by atoms with E-state index >= 15 is 0 Å². The van der Waals surface area contributed by atoms with E-state index < -0.39 is 8.07 Å². The molecule has 0 fully saturated rings. The van der Waals surface area contributed by atoms with Crippen molar-refractivity contribution in [2.45, 2.75) is 47.3 Å². The molecule has 2 heteroatoms. The van der Waals surface area contributed by atoms with Crippen molar-refractivity contribution in [1.82, 2.24) is 0 Å². The average Bonchev–Trinajstić information content (AvgIpc) is 2.55. The van der Waals surface area contributed by atoms with Crippen molar-refractivity contribution in [1.29, 1.82) is 0 Å². The van der Waals surface area contributed by atoms with E-state index in [2.05, 4.69) is 95.5 Å². The Hall–Kier alpha value is -1.93. The van der Waals surface area contributed by atoms with Gasteiger partial charge in [-0.3, -0.25) is 0 Å². The molecule has 1 heterocycles. The highest BCUT2D eigenvalue weighted by Gasteiger charge is 2.22. The summed E-state index contributed by atoms with van der Waals surface area (Å²) in [7, 11) is 0.854. The first kappa shape index (κ1) is 17.9. The fourth-order valence-electron chi connectivity index (χ4n) is 3.63. The van der Waals surface area contributed by atoms with E-state index in [1.807, 2.05) is 0 Å². The molecule has 1 aromatic heterocycles. The van der Waals surface area contributed by atoms with Gasteiger partial charge in [0.15, 0.2) is 6.20 Å². The third kappa shape index (κ3) is 3.04. The zero-order valence-corrected chi connectivity index (χ0v) is 17.9. The van der Waals surface area contributed by atoms with Gasteiger partial charge in [0.25, 0.3) is 0 Å². The quantitative estimate of drug-likeness (QED) is 0.447. The number of hydrogen-bond acceptors (Lipinski definition) is 0. The molecule has 0 aliphatic rings. The Balaban J connectivity index is 2.36. The average molecular weight is 349 g/mol. The van der Waals surface area contributed by atoms with Gasteiger partial charge in [-0.15, -0.1) is 0 Å². The second-order valence-corrected chi connectivity index (χ2v) is 13.5. The summed E-state index contributed by atoms with van der Waals surface area (Å²) in [5, 5.41) is 4.22. The van der Waals surface area contributed by atoms with Crippen LogP contribution in [-0.4, -0.2) is 8.07 Å². The largest absolute Gasteiger partial charge is 0.220 e. The third-order valence-corrected chi connectivity index (χ3v) is 7.78. The van der Waals surface area contributed by atoms with Crippen molar-refractivity contribution in [2.75, 3.05) is 0 Å². The first-order chi connectivity index (χ1) is 11.6. The predicted octanol–water partition coefficient (Wildman–Crippen LogP) is 5.11. The number of hydrogen-bond donors (Lipinski definition) is 0. The lowest BCUT2D eigenvalue weighted by Gasteiger charge is -2.18. The van der Waals surface area contributed by atoms with Gasteiger partial charge in [-0.1, -0.05) is 37.0 Å². The van der Waals surface area contributed by atoms with Crippen LogP contribution < -0.4 is 9.75 Å². The van der Waals surface area contributed by atoms with Crippen LogP contribution in [0.3, 0.4) is 0 Å². The smallest absolute Gasteiger partial charge is 0.200 e. The van der Waals surface area contributed by atoms with Gasteiger partial charge in [-0.25, -0.2) is 4.57 Å². The summed E-state index contributed by atoms with van der Waals surface area (Å²) < 4.78 is 2.27. The van der Waals surface area contributed by atoms with Gasteiger partial charge in [0.05, 0.1) is 19.0 Å². The van der Waals surface area contributed by atoms with E-state index in [-0.39, 0.29) is 0 Å². The van der Waals surface area contributed by atoms with Crippen LogP contribution in [0.15, 0.2) is 36.5 Å². The molecule has 3 rings (SSSR count). The second-order valence-electron chi connectivity index (χ2n) is 8.44. The summed E-state index contributed by atoms with van der Waals surface area (Å²) in [5.41, 5.74) is 8.25. The molecule has 0 unspecified atom stereocenters. The Morgan fingerprint density at radius 3 is 2.12 bits per heavy atom. The molecule has 0 spiro atoms. The number of nitrogens with zero attached hydrogens (tertiary/aromatic N) is 1. The van der Waals surface area contributed by atoms with Crippen LogP contribution in [0.2, 0.25) is 19.6 Å². The molecular weight excluding hydrogens is 318 g/mol. The van der Waals surface area contributed by atoms with Gasteiger partial charge < -0.3 is 0 Å². The Morgan fingerprint density at radius 2 is 1.48 bits per heavy atom. The molecule has 0 radical (unpaired) electrons. The molecule has 0 N–H and O–H groups in total. The molecule has 1 nitrogen and oxygen atoms in total. The number of rotatable bonds is 2. The second kappa shape index (κ2) is 6.10. The highest BCUT2D eigenvalue weighted by atomic mass is 28.3. The summed E-state index contributed by atoms with van der Waals surface area (Å²) in [4.78, 5) is 0. The van der Waals surface area contributed by atoms with E-state index in [0.29, 0.717) is 0 Å². The fraction of sp³-hybridized carbons (Fsp3) is 0.348. The SMILES string of the molecule is Cc1cc(-c2c3ccc([Si](C)(C)C)cc3cc[n+]2C)c(C)c(C)c1C. The molecule has 25 heavy (non-hydrogen) atoms. The standard InChI is InChI=1S/C23H30NSi/c1-15-13-22(18(4)17(3)16(15)2)23-21-10-9-20(25(6,7)8)14-19(21)11-12-24(23)5/h9-14H,1-8H3/q+1. The van der Waals surface area contributed by atoms with Crippen LogP contribution >= 0.6 is 0 Å². The minimum atomic E-state index is -1.30. The lowest BCUT2D eigenvalue weighted by atomic mass is 9.91. The summed E-state index contributed by atoms with van der Waals surface area (Å²) in [6, 6.07) is 11.7. The van der Waals surface area contributed by atoms with Crippen molar-refractivity contribution >= 4 is 24.0 Å². The summed E-state index contributed by atoms with van der Waals surface area (Å²) in [6.07, 6.45) is 2.20. The zero-order chi connectivity index (χ0) is 18.5. The number of pyridine rings is 1. The van der Waals surface area contributed by atoms with Crippen LogP contribution in [0.4, 0.5) is 0 Å². The maximum absolute atomic E-state index is 2.41. The predicted molar refractivity (Wildman–Crippen MR) is 112 cm³/mol. The van der Waals surface area contributed by atoms with Crippen LogP contribution in [0.1, 0.15) is 22.3 Å². The van der Waals surface area contributed by atoms with Gasteiger partial charge in [-0.05, 0) is 67.5 Å². The van der Waals surface area contributed by atoms with Crippen molar-refractivity contribution in [2.24, 2.45) is 7.05 Å². The first-order valence-electron chi connectivity index (χ1n) is 9.12. The van der Waals surface area contributed by atoms with Crippen LogP contribution in [0.25, 0.3) is 22.0 Å². The Morgan fingerprint density at radius 1 is 0.800 bits per heavy atom. The molecular formula is C23H30NSi+. The normalized spacial score (nSPS) is 12.0. The van der Waals surface area contributed by atoms with Crippen LogP contribution in [-0.2, 0) is 7.05 Å². The third-order valence-electron chi connectivity index (χ3n) is 5.74. The number of aromatic nitrogens is 1. The summed E-state index contributed by atoms with van der Waals surface area (Å²) in [5.74, 6) is 0. The molecule has 0 aliphatic heterocycles. The lowest BCUT2D eigenvalue weighted by Crippen LogP contribution is -2.37. The maximum Gasteiger partial charge on any atom is 0.220 e. The molecule has 0 amide bonds. The zero-order valence-electron chi connectivity index (χ0n) is 16.9. The van der Waals surface area contributed by atoms with Gasteiger partial charge >= 0.3 is 0 Å². The van der Waals surface area contributed by atoms with E-state index in [9.17, 15) is 0 Å². The maximum atomic E-state index is 2.41. The molecule has 0 aliphatic carbocycles. The first-order valence-corrected chi connectivity index (χ1v) is 12.6. The minimum absolute atomic E-state index is 1.30. The van der Waals surface area contributed by atoms with E-state index in [1.54, 1.807) is 0 Å². The topological polar surface area (TPSA) is 3.88 Å². The fourth-order valence-corrected chi connectivity index (χ4v) is 4.80. The molecule has 0 bridgehead atoms. The Bertz CT molecular complexity index is 978. The molecule has 3 aromatic rings. The Labute approximate surface area is 153 Å². The van der Waals surface area contributed by atoms with Crippen LogP contribution in [0.5, 0.6) is 0 Å². The van der Waals surface area contributed by atoms with Crippen molar-refractivity contribution in [3.8, 4) is 11.3 Å². The Kier molecular flexibility index (Phi) is 4.36. The van der Waals surface area contributed by atoms with E-state index in [4.69, 9.17) is 0 Å². The molecule has 0 saturated heterocycles. The lowest BCUT2D eigenvalue weighted by molar-refractivity contribution is -0.659. The highest BCUT2D eigenvalue weighted by Crippen LogP contribution is 2.32. The monoisotopic (exact) mass is 348 g/mol. The number of benzene rings is 2. The molecule has 0 saturated carbocycles. The van der Waals surface area contributed by atoms with Crippen molar-refractivity contribution in [3.63, 3.8) is 0 Å². The van der Waals surface area contributed by atoms with Crippen molar-refractivity contribution < 1.29 is 4.57 Å². The van der Waals surface area contributed by atoms with Gasteiger partial charge in [-0.2, -0.15) is 0 Å². The summed E-state index contributed by atoms with van der Waals surface area (Å²) >= 11 is 0. The number of fused-ring (bicyclic) bond motifs is 1. The highest BCUT2D eigenvalue weighted by molar-refractivity contribution is 6.88. The molecule has 0 atom stereocenters. The van der Waals surface area contributed by atoms with Crippen LogP contribution in [0, 0.1) is 27.7 Å². The molecule has 2 aromatic carbocycles. The van der Waals surface area contributed by atoms with Gasteiger partial charge in [0.1, 0.15) is 7.05 Å².